The minimum Gasteiger partial charge on any atom is -0.477 e. The van der Waals surface area contributed by atoms with Gasteiger partial charge in [0.15, 0.2) is 18.1 Å². The van der Waals surface area contributed by atoms with Crippen LogP contribution in [0.3, 0.4) is 0 Å². The Bertz CT molecular complexity index is 588. The molecule has 0 aromatic rings. The number of carboxylic acid groups (broad SMARTS) is 3. The minimum atomic E-state index is -1.09. The van der Waals surface area contributed by atoms with Crippen LogP contribution in [0.5, 0.6) is 0 Å². The van der Waals surface area contributed by atoms with Crippen LogP contribution >= 0.6 is 0 Å². The molecule has 0 fully saturated rings. The molecule has 0 aliphatic rings. The van der Waals surface area contributed by atoms with Crippen molar-refractivity contribution in [3.05, 3.63) is 12.2 Å². The maximum Gasteiger partial charge on any atom is 0.362 e. The number of quaternary nitrogens is 1. The van der Waals surface area contributed by atoms with Crippen molar-refractivity contribution >= 4 is 17.9 Å². The van der Waals surface area contributed by atoms with E-state index < -0.39 is 36.0 Å². The lowest BCUT2D eigenvalue weighted by molar-refractivity contribution is -0.973. The van der Waals surface area contributed by atoms with Crippen molar-refractivity contribution in [3.63, 3.8) is 0 Å². The zero-order chi connectivity index (χ0) is 27.4. The van der Waals surface area contributed by atoms with Crippen LogP contribution in [0.1, 0.15) is 130 Å². The predicted octanol–water partition coefficient (Wildman–Crippen LogP) is 7.04. The van der Waals surface area contributed by atoms with E-state index in [2.05, 4.69) is 19.1 Å². The SMILES string of the molecule is CCC/C=C/CCCCCCCCC[N+](C(CCC)C(=O)O)(C(CCC)C(=O)O)C(CCC)C(=O)O. The van der Waals surface area contributed by atoms with Crippen LogP contribution in [0.2, 0.25) is 0 Å². The highest BCUT2D eigenvalue weighted by molar-refractivity contribution is 5.78. The number of hydrogen-bond acceptors (Lipinski definition) is 3. The molecule has 210 valence electrons. The van der Waals surface area contributed by atoms with Crippen LogP contribution in [0.4, 0.5) is 0 Å². The number of carbonyl (C=O) groups is 3. The largest absolute Gasteiger partial charge is 0.477 e. The number of nitrogens with zero attached hydrogens (tertiary/aromatic N) is 1. The van der Waals surface area contributed by atoms with Crippen molar-refractivity contribution in [3.8, 4) is 0 Å². The first-order valence-corrected chi connectivity index (χ1v) is 14.4. The fraction of sp³-hybridized carbons (Fsp3) is 0.828. The first-order valence-electron chi connectivity index (χ1n) is 14.4. The van der Waals surface area contributed by atoms with Crippen molar-refractivity contribution in [2.45, 2.75) is 149 Å². The van der Waals surface area contributed by atoms with E-state index in [1.54, 1.807) is 0 Å². The van der Waals surface area contributed by atoms with Gasteiger partial charge in [0.05, 0.1) is 6.54 Å². The molecule has 0 aromatic carbocycles. The first kappa shape index (κ1) is 34.1. The van der Waals surface area contributed by atoms with Gasteiger partial charge >= 0.3 is 17.9 Å². The monoisotopic (exact) mass is 512 g/mol. The highest BCUT2D eigenvalue weighted by Gasteiger charge is 2.56. The Kier molecular flexibility index (Phi) is 19.1. The third-order valence-corrected chi connectivity index (χ3v) is 7.32. The fourth-order valence-electron chi connectivity index (χ4n) is 5.58. The van der Waals surface area contributed by atoms with Crippen molar-refractivity contribution < 1.29 is 34.2 Å². The molecule has 0 spiro atoms. The molecule has 0 saturated carbocycles. The standard InChI is InChI=1S/C29H53NO6/c1-5-9-10-11-12-13-14-15-16-17-18-19-23-30(24(20-6-2)27(31)32,25(21-7-3)28(33)34)26(22-8-4)29(35)36/h10-11,24-26H,5-9,12-23H2,1-4H3,(H2-,31,32,33,34,35,36)/p+1/b11-10+. The molecule has 0 aliphatic carbocycles. The minimum absolute atomic E-state index is 0.267. The Labute approximate surface area is 219 Å². The molecule has 0 rings (SSSR count). The van der Waals surface area contributed by atoms with Crippen LogP contribution in [0.25, 0.3) is 0 Å². The Morgan fingerprint density at radius 2 is 0.917 bits per heavy atom. The third kappa shape index (κ3) is 11.4. The second-order valence-corrected chi connectivity index (χ2v) is 10.2. The van der Waals surface area contributed by atoms with Crippen molar-refractivity contribution in [1.29, 1.82) is 0 Å². The summed E-state index contributed by atoms with van der Waals surface area (Å²) in [5.74, 6) is -3.27. The van der Waals surface area contributed by atoms with E-state index in [-0.39, 0.29) is 30.3 Å². The summed E-state index contributed by atoms with van der Waals surface area (Å²) in [7, 11) is 0. The smallest absolute Gasteiger partial charge is 0.362 e. The molecular weight excluding hydrogens is 458 g/mol. The molecule has 3 atom stereocenters. The predicted molar refractivity (Wildman–Crippen MR) is 145 cm³/mol. The molecule has 0 aliphatic heterocycles. The average Bonchev–Trinajstić information content (AvgIpc) is 2.83. The van der Waals surface area contributed by atoms with E-state index >= 15 is 0 Å². The van der Waals surface area contributed by atoms with Crippen LogP contribution in [0.15, 0.2) is 12.2 Å². The maximum atomic E-state index is 12.5. The summed E-state index contributed by atoms with van der Waals surface area (Å²) < 4.78 is -0.375. The quantitative estimate of drug-likeness (QED) is 0.0726. The van der Waals surface area contributed by atoms with Gasteiger partial charge in [-0.15, -0.1) is 0 Å². The topological polar surface area (TPSA) is 112 Å². The van der Waals surface area contributed by atoms with Crippen LogP contribution in [0, 0.1) is 0 Å². The molecule has 7 nitrogen and oxygen atoms in total. The highest BCUT2D eigenvalue weighted by atomic mass is 16.4. The molecule has 0 aromatic heterocycles. The van der Waals surface area contributed by atoms with Gasteiger partial charge < -0.3 is 15.3 Å². The molecule has 0 heterocycles. The molecule has 0 bridgehead atoms. The van der Waals surface area contributed by atoms with Crippen molar-refractivity contribution in [1.82, 2.24) is 0 Å². The second kappa shape index (κ2) is 20.2. The lowest BCUT2D eigenvalue weighted by Crippen LogP contribution is -2.72. The van der Waals surface area contributed by atoms with Gasteiger partial charge in [0.2, 0.25) is 0 Å². The molecule has 0 amide bonds. The zero-order valence-corrected chi connectivity index (χ0v) is 23.4. The lowest BCUT2D eigenvalue weighted by atomic mass is 9.91. The Hall–Kier alpha value is -1.89. The van der Waals surface area contributed by atoms with E-state index in [1.807, 2.05) is 20.8 Å². The molecule has 36 heavy (non-hydrogen) atoms. The summed E-state index contributed by atoms with van der Waals surface area (Å²) in [6.07, 6.45) is 17.5. The van der Waals surface area contributed by atoms with Gasteiger partial charge in [0.25, 0.3) is 0 Å². The van der Waals surface area contributed by atoms with Gasteiger partial charge in [-0.3, -0.25) is 4.48 Å². The van der Waals surface area contributed by atoms with Gasteiger partial charge in [-0.1, -0.05) is 72.0 Å². The molecule has 0 radical (unpaired) electrons. The average molecular weight is 513 g/mol. The number of aliphatic carboxylic acids is 3. The second-order valence-electron chi connectivity index (χ2n) is 10.2. The van der Waals surface area contributed by atoms with E-state index in [0.29, 0.717) is 25.7 Å². The zero-order valence-electron chi connectivity index (χ0n) is 23.4. The lowest BCUT2D eigenvalue weighted by Gasteiger charge is -2.50. The van der Waals surface area contributed by atoms with E-state index in [4.69, 9.17) is 0 Å². The van der Waals surface area contributed by atoms with Crippen molar-refractivity contribution in [2.75, 3.05) is 6.54 Å². The number of allylic oxidation sites excluding steroid dienone is 2. The van der Waals surface area contributed by atoms with Crippen LogP contribution in [-0.2, 0) is 14.4 Å². The molecule has 7 heteroatoms. The summed E-state index contributed by atoms with van der Waals surface area (Å²) in [6.45, 7) is 8.06. The van der Waals surface area contributed by atoms with E-state index in [1.165, 1.54) is 19.3 Å². The van der Waals surface area contributed by atoms with Crippen molar-refractivity contribution in [2.24, 2.45) is 0 Å². The van der Waals surface area contributed by atoms with Gasteiger partial charge in [-0.2, -0.15) is 0 Å². The number of carboxylic acids is 3. The Morgan fingerprint density at radius 3 is 1.28 bits per heavy atom. The van der Waals surface area contributed by atoms with Crippen LogP contribution in [-0.4, -0.2) is 62.4 Å². The van der Waals surface area contributed by atoms with E-state index in [0.717, 1.165) is 38.5 Å². The maximum absolute atomic E-state index is 12.5. The van der Waals surface area contributed by atoms with E-state index in [9.17, 15) is 29.7 Å². The van der Waals surface area contributed by atoms with Gasteiger partial charge in [0.1, 0.15) is 0 Å². The summed E-state index contributed by atoms with van der Waals surface area (Å²) in [6, 6.07) is -3.14. The Balaban J connectivity index is 5.58. The number of rotatable bonds is 24. The van der Waals surface area contributed by atoms with Gasteiger partial charge in [-0.05, 0) is 51.4 Å². The summed E-state index contributed by atoms with van der Waals surface area (Å²) in [5.41, 5.74) is 0. The highest BCUT2D eigenvalue weighted by Crippen LogP contribution is 2.34. The van der Waals surface area contributed by atoms with Gasteiger partial charge in [-0.25, -0.2) is 14.4 Å². The van der Waals surface area contributed by atoms with Gasteiger partial charge in [0, 0.05) is 19.3 Å². The number of hydrogen-bond donors (Lipinski definition) is 3. The molecular formula is C29H54NO6+. The molecule has 3 unspecified atom stereocenters. The Morgan fingerprint density at radius 1 is 0.556 bits per heavy atom. The third-order valence-electron chi connectivity index (χ3n) is 7.32. The summed E-state index contributed by atoms with van der Waals surface area (Å²) in [4.78, 5) is 37.5. The fourth-order valence-corrected chi connectivity index (χ4v) is 5.58. The summed E-state index contributed by atoms with van der Waals surface area (Å²) in [5, 5.41) is 30.7. The molecule has 3 N–H and O–H groups in total. The molecule has 0 saturated heterocycles. The number of unbranched alkanes of at least 4 members (excludes halogenated alkanes) is 8. The van der Waals surface area contributed by atoms with Crippen LogP contribution < -0.4 is 0 Å². The first-order chi connectivity index (χ1) is 17.2. The normalized spacial score (nSPS) is 15.9. The summed E-state index contributed by atoms with van der Waals surface area (Å²) >= 11 is 0.